The van der Waals surface area contributed by atoms with Crippen molar-refractivity contribution in [3.05, 3.63) is 64.5 Å². The maximum absolute atomic E-state index is 12.7. The van der Waals surface area contributed by atoms with E-state index in [1.165, 1.54) is 6.33 Å². The van der Waals surface area contributed by atoms with E-state index < -0.39 is 10.8 Å². The lowest BCUT2D eigenvalue weighted by Gasteiger charge is -2.13. The molecule has 10 heteroatoms. The average molecular weight is 408 g/mol. The number of ether oxygens (including phenoxy) is 1. The molecule has 3 aromatic rings. The zero-order valence-electron chi connectivity index (χ0n) is 16.0. The van der Waals surface area contributed by atoms with E-state index in [0.29, 0.717) is 18.7 Å². The Labute approximate surface area is 171 Å². The van der Waals surface area contributed by atoms with Gasteiger partial charge in [0.05, 0.1) is 11.0 Å². The van der Waals surface area contributed by atoms with Crippen LogP contribution in [0.1, 0.15) is 23.2 Å². The van der Waals surface area contributed by atoms with E-state index in [4.69, 9.17) is 4.74 Å². The molecule has 4 rings (SSSR count). The number of rotatable bonds is 7. The van der Waals surface area contributed by atoms with Gasteiger partial charge in [-0.15, -0.1) is 0 Å². The average Bonchev–Trinajstić information content (AvgIpc) is 3.29. The Balaban J connectivity index is 1.51. The molecular weight excluding hydrogens is 388 g/mol. The molecule has 1 aromatic heterocycles. The molecule has 1 unspecified atom stereocenters. The standard InChI is InChI=1S/C20H20N6O4/c27-20(16-9-3-6-13-5-1-2-8-15(13)16)25-24-19-17(26(28)29)18(22-12-23-19)21-11-14-7-4-10-30-14/h1-3,5-6,8-9,12,14H,4,7,10-11H2,(H,25,27)(H2,21,22,23,24). The summed E-state index contributed by atoms with van der Waals surface area (Å²) in [4.78, 5) is 31.6. The molecule has 2 heterocycles. The smallest absolute Gasteiger partial charge is 0.354 e. The summed E-state index contributed by atoms with van der Waals surface area (Å²) in [5, 5.41) is 16.3. The summed E-state index contributed by atoms with van der Waals surface area (Å²) in [7, 11) is 0. The number of nitrogens with zero attached hydrogens (tertiary/aromatic N) is 3. The molecule has 0 saturated carbocycles. The number of anilines is 2. The van der Waals surface area contributed by atoms with Crippen LogP contribution in [0.3, 0.4) is 0 Å². The van der Waals surface area contributed by atoms with Crippen molar-refractivity contribution >= 4 is 34.0 Å². The third-order valence-corrected chi connectivity index (χ3v) is 4.85. The number of hydrazine groups is 1. The zero-order valence-corrected chi connectivity index (χ0v) is 16.0. The van der Waals surface area contributed by atoms with E-state index in [-0.39, 0.29) is 23.4 Å². The quantitative estimate of drug-likeness (QED) is 0.402. The van der Waals surface area contributed by atoms with Crippen LogP contribution < -0.4 is 16.2 Å². The molecule has 1 fully saturated rings. The molecule has 154 valence electrons. The zero-order chi connectivity index (χ0) is 20.9. The number of carbonyl (C=O) groups excluding carboxylic acids is 1. The van der Waals surface area contributed by atoms with Gasteiger partial charge in [0, 0.05) is 18.7 Å². The first-order valence-corrected chi connectivity index (χ1v) is 9.52. The lowest BCUT2D eigenvalue weighted by atomic mass is 10.0. The highest BCUT2D eigenvalue weighted by molar-refractivity contribution is 6.07. The van der Waals surface area contributed by atoms with Gasteiger partial charge in [0.1, 0.15) is 6.33 Å². The fourth-order valence-corrected chi connectivity index (χ4v) is 3.40. The summed E-state index contributed by atoms with van der Waals surface area (Å²) >= 11 is 0. The fourth-order valence-electron chi connectivity index (χ4n) is 3.40. The summed E-state index contributed by atoms with van der Waals surface area (Å²) in [5.74, 6) is -0.487. The topological polar surface area (TPSA) is 131 Å². The molecule has 0 spiro atoms. The minimum absolute atomic E-state index is 0.0120. The Morgan fingerprint density at radius 2 is 1.97 bits per heavy atom. The van der Waals surface area contributed by atoms with Gasteiger partial charge in [0.15, 0.2) is 0 Å². The maximum atomic E-state index is 12.7. The molecule has 0 aliphatic carbocycles. The van der Waals surface area contributed by atoms with Crippen molar-refractivity contribution in [1.29, 1.82) is 0 Å². The largest absolute Gasteiger partial charge is 0.376 e. The molecule has 30 heavy (non-hydrogen) atoms. The van der Waals surface area contributed by atoms with E-state index in [1.807, 2.05) is 30.3 Å². The van der Waals surface area contributed by atoms with E-state index in [0.717, 1.165) is 23.6 Å². The molecule has 10 nitrogen and oxygen atoms in total. The number of hydrogen-bond acceptors (Lipinski definition) is 8. The second-order valence-corrected chi connectivity index (χ2v) is 6.80. The van der Waals surface area contributed by atoms with Gasteiger partial charge in [-0.05, 0) is 29.7 Å². The summed E-state index contributed by atoms with van der Waals surface area (Å²) < 4.78 is 5.52. The maximum Gasteiger partial charge on any atom is 0.354 e. The number of fused-ring (bicyclic) bond motifs is 1. The Kier molecular flexibility index (Phi) is 5.66. The number of aromatic nitrogens is 2. The summed E-state index contributed by atoms with van der Waals surface area (Å²) in [6, 6.07) is 12.8. The lowest BCUT2D eigenvalue weighted by molar-refractivity contribution is -0.383. The van der Waals surface area contributed by atoms with Gasteiger partial charge in [0.2, 0.25) is 11.6 Å². The summed E-state index contributed by atoms with van der Waals surface area (Å²) in [6.45, 7) is 1.09. The number of benzene rings is 2. The van der Waals surface area contributed by atoms with Crippen molar-refractivity contribution in [2.24, 2.45) is 0 Å². The lowest BCUT2D eigenvalue weighted by Crippen LogP contribution is -2.30. The summed E-state index contributed by atoms with van der Waals surface area (Å²) in [5.41, 5.74) is 5.14. The Morgan fingerprint density at radius 1 is 1.17 bits per heavy atom. The SMILES string of the molecule is O=C(NNc1ncnc(NCC2CCCO2)c1[N+](=O)[O-])c1cccc2ccccc12. The van der Waals surface area contributed by atoms with E-state index in [9.17, 15) is 14.9 Å². The number of nitrogens with one attached hydrogen (secondary N) is 3. The second-order valence-electron chi connectivity index (χ2n) is 6.80. The Morgan fingerprint density at radius 3 is 2.77 bits per heavy atom. The minimum Gasteiger partial charge on any atom is -0.376 e. The van der Waals surface area contributed by atoms with Crippen LogP contribution in [0.2, 0.25) is 0 Å². The first-order chi connectivity index (χ1) is 14.6. The molecule has 0 radical (unpaired) electrons. The molecule has 0 bridgehead atoms. The van der Waals surface area contributed by atoms with Crippen LogP contribution >= 0.6 is 0 Å². The second kappa shape index (κ2) is 8.70. The monoisotopic (exact) mass is 408 g/mol. The van der Waals surface area contributed by atoms with Gasteiger partial charge in [-0.1, -0.05) is 36.4 Å². The molecule has 1 atom stereocenters. The number of hydrogen-bond donors (Lipinski definition) is 3. The van der Waals surface area contributed by atoms with Crippen LogP contribution in [0.25, 0.3) is 10.8 Å². The summed E-state index contributed by atoms with van der Waals surface area (Å²) in [6.07, 6.45) is 3.03. The number of carbonyl (C=O) groups is 1. The van der Waals surface area contributed by atoms with Crippen LogP contribution in [0.5, 0.6) is 0 Å². The van der Waals surface area contributed by atoms with Crippen LogP contribution in [0, 0.1) is 10.1 Å². The predicted molar refractivity (Wildman–Crippen MR) is 111 cm³/mol. The van der Waals surface area contributed by atoms with Crippen molar-refractivity contribution in [2.45, 2.75) is 18.9 Å². The van der Waals surface area contributed by atoms with Crippen molar-refractivity contribution in [3.8, 4) is 0 Å². The van der Waals surface area contributed by atoms with Crippen molar-refractivity contribution in [3.63, 3.8) is 0 Å². The van der Waals surface area contributed by atoms with E-state index in [1.54, 1.807) is 12.1 Å². The van der Waals surface area contributed by atoms with Crippen molar-refractivity contribution in [2.75, 3.05) is 23.9 Å². The van der Waals surface area contributed by atoms with Crippen molar-refractivity contribution in [1.82, 2.24) is 15.4 Å². The van der Waals surface area contributed by atoms with Gasteiger partial charge in [-0.3, -0.25) is 25.8 Å². The van der Waals surface area contributed by atoms with E-state index in [2.05, 4.69) is 26.1 Å². The first-order valence-electron chi connectivity index (χ1n) is 9.52. The van der Waals surface area contributed by atoms with Crippen LogP contribution in [0.4, 0.5) is 17.3 Å². The highest BCUT2D eigenvalue weighted by Gasteiger charge is 2.25. The highest BCUT2D eigenvalue weighted by atomic mass is 16.6. The van der Waals surface area contributed by atoms with Gasteiger partial charge < -0.3 is 10.1 Å². The van der Waals surface area contributed by atoms with Gasteiger partial charge in [0.25, 0.3) is 5.91 Å². The predicted octanol–water partition coefficient (Wildman–Crippen LogP) is 2.89. The van der Waals surface area contributed by atoms with Gasteiger partial charge >= 0.3 is 5.69 Å². The molecular formula is C20H20N6O4. The van der Waals surface area contributed by atoms with Crippen LogP contribution in [0.15, 0.2) is 48.8 Å². The van der Waals surface area contributed by atoms with Crippen molar-refractivity contribution < 1.29 is 14.5 Å². The van der Waals surface area contributed by atoms with Crippen LogP contribution in [-0.2, 0) is 4.74 Å². The Bertz CT molecular complexity index is 1080. The third-order valence-electron chi connectivity index (χ3n) is 4.85. The third kappa shape index (κ3) is 4.13. The molecule has 2 aromatic carbocycles. The normalized spacial score (nSPS) is 15.7. The fraction of sp³-hybridized carbons (Fsp3) is 0.250. The van der Waals surface area contributed by atoms with Crippen LogP contribution in [-0.4, -0.2) is 40.1 Å². The first kappa shape index (κ1) is 19.5. The minimum atomic E-state index is -0.593. The van der Waals surface area contributed by atoms with Gasteiger partial charge in [-0.25, -0.2) is 9.97 Å². The highest BCUT2D eigenvalue weighted by Crippen LogP contribution is 2.29. The number of amides is 1. The number of nitro groups is 1. The molecule has 1 aliphatic rings. The molecule has 1 saturated heterocycles. The molecule has 1 aliphatic heterocycles. The van der Waals surface area contributed by atoms with E-state index >= 15 is 0 Å². The van der Waals surface area contributed by atoms with Gasteiger partial charge in [-0.2, -0.15) is 0 Å². The Hall–Kier alpha value is -3.79. The molecule has 1 amide bonds. The molecule has 3 N–H and O–H groups in total.